The van der Waals surface area contributed by atoms with Gasteiger partial charge < -0.3 is 4.84 Å². The molecule has 2 rings (SSSR count). The molecule has 1 atom stereocenters. The lowest BCUT2D eigenvalue weighted by atomic mass is 9.80. The monoisotopic (exact) mass is 289 g/mol. The number of carbonyl (C=O) groups excluding carboxylic acids is 1. The maximum atomic E-state index is 12.4. The fourth-order valence-electron chi connectivity index (χ4n) is 2.30. The van der Waals surface area contributed by atoms with Crippen molar-refractivity contribution < 1.29 is 9.63 Å². The lowest BCUT2D eigenvalue weighted by Crippen LogP contribution is -2.48. The number of hydroxylamine groups is 1. The summed E-state index contributed by atoms with van der Waals surface area (Å²) in [5.41, 5.74) is 3.41. The van der Waals surface area contributed by atoms with Gasteiger partial charge in [-0.2, -0.15) is 5.48 Å². The van der Waals surface area contributed by atoms with Crippen molar-refractivity contribution in [3.05, 3.63) is 70.7 Å². The number of halogens is 1. The minimum atomic E-state index is -1.04. The predicted molar refractivity (Wildman–Crippen MR) is 79.5 cm³/mol. The fourth-order valence-corrected chi connectivity index (χ4v) is 2.43. The van der Waals surface area contributed by atoms with E-state index in [-0.39, 0.29) is 5.78 Å². The molecule has 0 amide bonds. The molecule has 1 N–H and O–H groups in total. The zero-order valence-corrected chi connectivity index (χ0v) is 12.1. The van der Waals surface area contributed by atoms with E-state index in [2.05, 4.69) is 5.48 Å². The number of hydrogen-bond donors (Lipinski definition) is 1. The highest BCUT2D eigenvalue weighted by Crippen LogP contribution is 2.31. The molecule has 0 heterocycles. The van der Waals surface area contributed by atoms with E-state index in [9.17, 15) is 4.79 Å². The molecule has 0 aliphatic rings. The summed E-state index contributed by atoms with van der Waals surface area (Å²) in [6, 6.07) is 16.6. The summed E-state index contributed by atoms with van der Waals surface area (Å²) < 4.78 is 0. The van der Waals surface area contributed by atoms with E-state index in [1.807, 2.05) is 42.5 Å². The Morgan fingerprint density at radius 3 is 2.10 bits per heavy atom. The molecular formula is C16H16ClNO2. The van der Waals surface area contributed by atoms with Gasteiger partial charge in [0.2, 0.25) is 0 Å². The van der Waals surface area contributed by atoms with Crippen molar-refractivity contribution in [2.45, 2.75) is 12.5 Å². The van der Waals surface area contributed by atoms with Crippen LogP contribution in [0.3, 0.4) is 0 Å². The largest absolute Gasteiger partial charge is 0.303 e. The minimum Gasteiger partial charge on any atom is -0.303 e. The lowest BCUT2D eigenvalue weighted by molar-refractivity contribution is -0.127. The van der Waals surface area contributed by atoms with E-state index in [1.54, 1.807) is 12.1 Å². The second-order valence-corrected chi connectivity index (χ2v) is 4.92. The maximum absolute atomic E-state index is 12.4. The molecule has 1 unspecified atom stereocenters. The second kappa shape index (κ2) is 6.18. The maximum Gasteiger partial charge on any atom is 0.161 e. The molecule has 4 heteroatoms. The first-order valence-electron chi connectivity index (χ1n) is 6.24. The third-order valence-electron chi connectivity index (χ3n) is 3.27. The van der Waals surface area contributed by atoms with Gasteiger partial charge in [-0.1, -0.05) is 54.1 Å². The molecule has 3 nitrogen and oxygen atoms in total. The Morgan fingerprint density at radius 1 is 1.05 bits per heavy atom. The predicted octanol–water partition coefficient (Wildman–Crippen LogP) is 3.32. The summed E-state index contributed by atoms with van der Waals surface area (Å²) >= 11 is 5.93. The summed E-state index contributed by atoms with van der Waals surface area (Å²) in [4.78, 5) is 17.5. The highest BCUT2D eigenvalue weighted by atomic mass is 35.5. The van der Waals surface area contributed by atoms with Crippen LogP contribution in [0.1, 0.15) is 18.1 Å². The molecule has 0 aliphatic carbocycles. The summed E-state index contributed by atoms with van der Waals surface area (Å²) in [5.74, 6) is -0.0622. The van der Waals surface area contributed by atoms with Crippen molar-refractivity contribution >= 4 is 17.4 Å². The van der Waals surface area contributed by atoms with Gasteiger partial charge in [0, 0.05) is 5.02 Å². The van der Waals surface area contributed by atoms with E-state index >= 15 is 0 Å². The molecule has 20 heavy (non-hydrogen) atoms. The van der Waals surface area contributed by atoms with Crippen LogP contribution in [0.15, 0.2) is 54.6 Å². The Balaban J connectivity index is 2.65. The summed E-state index contributed by atoms with van der Waals surface area (Å²) in [6.07, 6.45) is 0. The first-order valence-corrected chi connectivity index (χ1v) is 6.62. The summed E-state index contributed by atoms with van der Waals surface area (Å²) in [5, 5.41) is 0.622. The van der Waals surface area contributed by atoms with E-state index in [1.165, 1.54) is 14.0 Å². The van der Waals surface area contributed by atoms with Crippen LogP contribution < -0.4 is 5.48 Å². The molecule has 0 spiro atoms. The van der Waals surface area contributed by atoms with Crippen LogP contribution in [0.5, 0.6) is 0 Å². The van der Waals surface area contributed by atoms with Crippen LogP contribution in [-0.4, -0.2) is 12.9 Å². The van der Waals surface area contributed by atoms with Crippen LogP contribution >= 0.6 is 11.6 Å². The zero-order chi connectivity index (χ0) is 14.6. The number of rotatable bonds is 5. The molecule has 104 valence electrons. The number of carbonyl (C=O) groups is 1. The van der Waals surface area contributed by atoms with Gasteiger partial charge in [-0.15, -0.1) is 0 Å². The Labute approximate surface area is 123 Å². The van der Waals surface area contributed by atoms with E-state index < -0.39 is 5.54 Å². The molecule has 2 aromatic carbocycles. The normalized spacial score (nSPS) is 13.8. The minimum absolute atomic E-state index is 0.0622. The molecule has 0 aromatic heterocycles. The van der Waals surface area contributed by atoms with Gasteiger partial charge in [0.15, 0.2) is 11.3 Å². The first-order chi connectivity index (χ1) is 9.61. The Kier molecular flexibility index (Phi) is 4.55. The summed E-state index contributed by atoms with van der Waals surface area (Å²) in [6.45, 7) is 1.54. The number of nitrogens with one attached hydrogen (secondary N) is 1. The van der Waals surface area contributed by atoms with Crippen molar-refractivity contribution in [3.63, 3.8) is 0 Å². The number of Topliss-reactive ketones (excluding diaryl/α,β-unsaturated/α-hetero) is 1. The van der Waals surface area contributed by atoms with Crippen LogP contribution in [-0.2, 0) is 15.2 Å². The van der Waals surface area contributed by atoms with Gasteiger partial charge in [0.05, 0.1) is 7.11 Å². The fraction of sp³-hybridized carbons (Fsp3) is 0.188. The Hall–Kier alpha value is -1.68. The van der Waals surface area contributed by atoms with Crippen LogP contribution in [0.25, 0.3) is 0 Å². The van der Waals surface area contributed by atoms with E-state index in [0.29, 0.717) is 5.02 Å². The molecule has 0 aliphatic heterocycles. The number of hydrogen-bond acceptors (Lipinski definition) is 3. The zero-order valence-electron chi connectivity index (χ0n) is 11.4. The Morgan fingerprint density at radius 2 is 1.60 bits per heavy atom. The molecular weight excluding hydrogens is 274 g/mol. The quantitative estimate of drug-likeness (QED) is 0.858. The van der Waals surface area contributed by atoms with Crippen molar-refractivity contribution in [1.82, 2.24) is 5.48 Å². The molecule has 0 bridgehead atoms. The number of benzene rings is 2. The third kappa shape index (κ3) is 2.61. The Bertz CT molecular complexity index is 583. The highest BCUT2D eigenvalue weighted by Gasteiger charge is 2.39. The third-order valence-corrected chi connectivity index (χ3v) is 3.52. The van der Waals surface area contributed by atoms with Crippen molar-refractivity contribution in [2.24, 2.45) is 0 Å². The standard InChI is InChI=1S/C16H16ClNO2/c1-12(19)16(18-20-2,13-6-4-3-5-7-13)14-8-10-15(17)11-9-14/h3-11,18H,1-2H3. The highest BCUT2D eigenvalue weighted by molar-refractivity contribution is 6.30. The molecule has 0 saturated heterocycles. The van der Waals surface area contributed by atoms with Gasteiger partial charge in [0.1, 0.15) is 0 Å². The van der Waals surface area contributed by atoms with Crippen LogP contribution in [0.4, 0.5) is 0 Å². The molecule has 0 radical (unpaired) electrons. The van der Waals surface area contributed by atoms with Gasteiger partial charge in [-0.05, 0) is 30.2 Å². The SMILES string of the molecule is CONC(C(C)=O)(c1ccccc1)c1ccc(Cl)cc1. The lowest BCUT2D eigenvalue weighted by Gasteiger charge is -2.32. The van der Waals surface area contributed by atoms with E-state index in [0.717, 1.165) is 11.1 Å². The van der Waals surface area contributed by atoms with Gasteiger partial charge in [-0.3, -0.25) is 4.79 Å². The number of ketones is 1. The van der Waals surface area contributed by atoms with Crippen LogP contribution in [0, 0.1) is 0 Å². The van der Waals surface area contributed by atoms with Crippen molar-refractivity contribution in [2.75, 3.05) is 7.11 Å². The first kappa shape index (κ1) is 14.7. The van der Waals surface area contributed by atoms with E-state index in [4.69, 9.17) is 16.4 Å². The molecule has 0 saturated carbocycles. The molecule has 0 fully saturated rings. The average Bonchev–Trinajstić information content (AvgIpc) is 2.46. The van der Waals surface area contributed by atoms with Gasteiger partial charge in [0.25, 0.3) is 0 Å². The molecule has 2 aromatic rings. The van der Waals surface area contributed by atoms with Gasteiger partial charge in [-0.25, -0.2) is 0 Å². The smallest absolute Gasteiger partial charge is 0.161 e. The van der Waals surface area contributed by atoms with Crippen molar-refractivity contribution in [1.29, 1.82) is 0 Å². The topological polar surface area (TPSA) is 38.3 Å². The average molecular weight is 290 g/mol. The van der Waals surface area contributed by atoms with Crippen molar-refractivity contribution in [3.8, 4) is 0 Å². The van der Waals surface area contributed by atoms with Gasteiger partial charge >= 0.3 is 0 Å². The van der Waals surface area contributed by atoms with Crippen LogP contribution in [0.2, 0.25) is 5.02 Å². The summed E-state index contributed by atoms with van der Waals surface area (Å²) in [7, 11) is 1.50. The second-order valence-electron chi connectivity index (χ2n) is 4.49.